The summed E-state index contributed by atoms with van der Waals surface area (Å²) in [4.78, 5) is 8.52. The van der Waals surface area contributed by atoms with Gasteiger partial charge < -0.3 is 14.0 Å². The van der Waals surface area contributed by atoms with E-state index in [4.69, 9.17) is 14.0 Å². The minimum Gasteiger partial charge on any atom is -0.493 e. The molecule has 0 aliphatic rings. The number of benzene rings is 1. The van der Waals surface area contributed by atoms with Crippen molar-refractivity contribution in [2.45, 2.75) is 0 Å². The molecule has 0 atom stereocenters. The van der Waals surface area contributed by atoms with E-state index in [1.807, 2.05) is 24.3 Å². The molecule has 0 spiro atoms. The van der Waals surface area contributed by atoms with Gasteiger partial charge >= 0.3 is 0 Å². The van der Waals surface area contributed by atoms with E-state index in [-0.39, 0.29) is 0 Å². The fourth-order valence-electron chi connectivity index (χ4n) is 1.91. The van der Waals surface area contributed by atoms with Gasteiger partial charge in [0.2, 0.25) is 5.82 Å². The molecular weight excluding hydrogens is 270 g/mol. The number of methoxy groups -OCH3 is 2. The minimum atomic E-state index is 0.375. The Hall–Kier alpha value is -2.89. The molecule has 21 heavy (non-hydrogen) atoms. The summed E-state index contributed by atoms with van der Waals surface area (Å²) in [6, 6.07) is 10.9. The Kier molecular flexibility index (Phi) is 3.51. The first-order valence-corrected chi connectivity index (χ1v) is 6.29. The molecule has 6 nitrogen and oxygen atoms in total. The molecule has 0 fully saturated rings. The van der Waals surface area contributed by atoms with Gasteiger partial charge in [-0.2, -0.15) is 4.98 Å². The number of nitrogens with zero attached hydrogens (tertiary/aromatic N) is 3. The average molecular weight is 283 g/mol. The van der Waals surface area contributed by atoms with E-state index in [9.17, 15) is 0 Å². The van der Waals surface area contributed by atoms with Crippen molar-refractivity contribution in [3.05, 3.63) is 42.6 Å². The summed E-state index contributed by atoms with van der Waals surface area (Å²) < 4.78 is 15.7. The van der Waals surface area contributed by atoms with Gasteiger partial charge in [0.05, 0.1) is 14.2 Å². The molecule has 2 aromatic heterocycles. The average Bonchev–Trinajstić information content (AvgIpc) is 3.05. The predicted molar refractivity (Wildman–Crippen MR) is 76.1 cm³/mol. The molecule has 6 heteroatoms. The van der Waals surface area contributed by atoms with Crippen LogP contribution in [0.25, 0.3) is 23.0 Å². The van der Waals surface area contributed by atoms with Gasteiger partial charge in [-0.3, -0.25) is 4.98 Å². The molecule has 0 bridgehead atoms. The Balaban J connectivity index is 1.97. The maximum atomic E-state index is 5.27. The molecule has 0 amide bonds. The fourth-order valence-corrected chi connectivity index (χ4v) is 1.91. The van der Waals surface area contributed by atoms with Gasteiger partial charge in [-0.15, -0.1) is 0 Å². The van der Waals surface area contributed by atoms with Crippen molar-refractivity contribution in [3.63, 3.8) is 0 Å². The molecule has 106 valence electrons. The zero-order chi connectivity index (χ0) is 14.7. The Labute approximate surface area is 121 Å². The van der Waals surface area contributed by atoms with Crippen molar-refractivity contribution in [2.75, 3.05) is 14.2 Å². The Morgan fingerprint density at radius 2 is 1.86 bits per heavy atom. The lowest BCUT2D eigenvalue weighted by Gasteiger charge is -2.07. The van der Waals surface area contributed by atoms with Crippen LogP contribution < -0.4 is 9.47 Å². The first kappa shape index (κ1) is 13.1. The lowest BCUT2D eigenvalue weighted by molar-refractivity contribution is 0.355. The van der Waals surface area contributed by atoms with Crippen LogP contribution >= 0.6 is 0 Å². The van der Waals surface area contributed by atoms with E-state index < -0.39 is 0 Å². The summed E-state index contributed by atoms with van der Waals surface area (Å²) >= 11 is 0. The largest absolute Gasteiger partial charge is 0.493 e. The summed E-state index contributed by atoms with van der Waals surface area (Å²) in [6.45, 7) is 0. The molecule has 0 aliphatic carbocycles. The number of hydrogen-bond acceptors (Lipinski definition) is 6. The Morgan fingerprint density at radius 1 is 1.00 bits per heavy atom. The smallest absolute Gasteiger partial charge is 0.276 e. The molecular formula is C15H13N3O3. The fraction of sp³-hybridized carbons (Fsp3) is 0.133. The van der Waals surface area contributed by atoms with Crippen LogP contribution in [0, 0.1) is 0 Å². The third-order valence-electron chi connectivity index (χ3n) is 2.95. The highest BCUT2D eigenvalue weighted by molar-refractivity contribution is 5.62. The second kappa shape index (κ2) is 5.62. The van der Waals surface area contributed by atoms with Gasteiger partial charge in [0.1, 0.15) is 5.69 Å². The number of pyridine rings is 1. The van der Waals surface area contributed by atoms with Crippen LogP contribution in [0.15, 0.2) is 47.1 Å². The van der Waals surface area contributed by atoms with Crippen molar-refractivity contribution < 1.29 is 14.0 Å². The standard InChI is InChI=1S/C15H13N3O3/c1-19-12-7-6-10(9-13(12)20-2)14-17-15(21-18-14)11-5-3-4-8-16-11/h3-9H,1-2H3. The molecule has 0 radical (unpaired) electrons. The minimum absolute atomic E-state index is 0.375. The first-order valence-electron chi connectivity index (χ1n) is 6.29. The van der Waals surface area contributed by atoms with Crippen LogP contribution in [0.2, 0.25) is 0 Å². The van der Waals surface area contributed by atoms with E-state index in [0.717, 1.165) is 5.56 Å². The van der Waals surface area contributed by atoms with Crippen LogP contribution in [0.5, 0.6) is 11.5 Å². The van der Waals surface area contributed by atoms with E-state index in [1.54, 1.807) is 32.5 Å². The lowest BCUT2D eigenvalue weighted by Crippen LogP contribution is -1.91. The van der Waals surface area contributed by atoms with Gasteiger partial charge in [-0.25, -0.2) is 0 Å². The monoisotopic (exact) mass is 283 g/mol. The van der Waals surface area contributed by atoms with Gasteiger partial charge in [-0.1, -0.05) is 11.2 Å². The van der Waals surface area contributed by atoms with Crippen LogP contribution in [0.1, 0.15) is 0 Å². The second-order valence-electron chi connectivity index (χ2n) is 4.21. The molecule has 0 saturated heterocycles. The number of ether oxygens (including phenoxy) is 2. The zero-order valence-electron chi connectivity index (χ0n) is 11.6. The predicted octanol–water partition coefficient (Wildman–Crippen LogP) is 2.82. The quantitative estimate of drug-likeness (QED) is 0.733. The number of aromatic nitrogens is 3. The summed E-state index contributed by atoms with van der Waals surface area (Å²) in [5.74, 6) is 2.10. The SMILES string of the molecule is COc1ccc(-c2noc(-c3ccccn3)n2)cc1OC. The van der Waals surface area contributed by atoms with Crippen molar-refractivity contribution in [1.29, 1.82) is 0 Å². The zero-order valence-corrected chi connectivity index (χ0v) is 11.6. The third kappa shape index (κ3) is 2.55. The molecule has 0 unspecified atom stereocenters. The van der Waals surface area contributed by atoms with Gasteiger partial charge in [0, 0.05) is 11.8 Å². The van der Waals surface area contributed by atoms with Crippen molar-refractivity contribution in [1.82, 2.24) is 15.1 Å². The van der Waals surface area contributed by atoms with Crippen LogP contribution in [-0.2, 0) is 0 Å². The third-order valence-corrected chi connectivity index (χ3v) is 2.95. The van der Waals surface area contributed by atoms with E-state index in [1.165, 1.54) is 0 Å². The second-order valence-corrected chi connectivity index (χ2v) is 4.21. The van der Waals surface area contributed by atoms with Gasteiger partial charge in [-0.05, 0) is 30.3 Å². The number of hydrogen-bond donors (Lipinski definition) is 0. The topological polar surface area (TPSA) is 70.3 Å². The van der Waals surface area contributed by atoms with Crippen molar-refractivity contribution in [3.8, 4) is 34.5 Å². The molecule has 0 N–H and O–H groups in total. The number of rotatable bonds is 4. The van der Waals surface area contributed by atoms with Crippen molar-refractivity contribution in [2.24, 2.45) is 0 Å². The van der Waals surface area contributed by atoms with E-state index >= 15 is 0 Å². The highest BCUT2D eigenvalue weighted by atomic mass is 16.5. The lowest BCUT2D eigenvalue weighted by atomic mass is 10.2. The summed E-state index contributed by atoms with van der Waals surface area (Å²) in [5.41, 5.74) is 1.41. The Bertz CT molecular complexity index is 741. The van der Waals surface area contributed by atoms with Crippen LogP contribution in [-0.4, -0.2) is 29.3 Å². The highest BCUT2D eigenvalue weighted by Gasteiger charge is 2.13. The molecule has 0 aliphatic heterocycles. The van der Waals surface area contributed by atoms with Gasteiger partial charge in [0.15, 0.2) is 11.5 Å². The van der Waals surface area contributed by atoms with Crippen LogP contribution in [0.4, 0.5) is 0 Å². The van der Waals surface area contributed by atoms with E-state index in [0.29, 0.717) is 28.9 Å². The first-order chi connectivity index (χ1) is 10.3. The van der Waals surface area contributed by atoms with Crippen molar-refractivity contribution >= 4 is 0 Å². The summed E-state index contributed by atoms with van der Waals surface area (Å²) in [7, 11) is 3.17. The van der Waals surface area contributed by atoms with Crippen LogP contribution in [0.3, 0.4) is 0 Å². The summed E-state index contributed by atoms with van der Waals surface area (Å²) in [6.07, 6.45) is 1.68. The maximum Gasteiger partial charge on any atom is 0.276 e. The molecule has 3 rings (SSSR count). The van der Waals surface area contributed by atoms with Gasteiger partial charge in [0.25, 0.3) is 5.89 Å². The molecule has 0 saturated carbocycles. The Morgan fingerprint density at radius 3 is 2.57 bits per heavy atom. The highest BCUT2D eigenvalue weighted by Crippen LogP contribution is 2.31. The van der Waals surface area contributed by atoms with E-state index in [2.05, 4.69) is 15.1 Å². The summed E-state index contributed by atoms with van der Waals surface area (Å²) in [5, 5.41) is 3.97. The molecule has 3 aromatic rings. The maximum absolute atomic E-state index is 5.27. The normalized spacial score (nSPS) is 10.4. The molecule has 2 heterocycles. The molecule has 1 aromatic carbocycles.